The second-order valence-corrected chi connectivity index (χ2v) is 8.93. The third-order valence-corrected chi connectivity index (χ3v) is 6.76. The number of fused-ring (bicyclic) bond motifs is 1. The van der Waals surface area contributed by atoms with Crippen molar-refractivity contribution in [3.8, 4) is 0 Å². The lowest BCUT2D eigenvalue weighted by Gasteiger charge is -2.30. The monoisotopic (exact) mass is 469 g/mol. The second kappa shape index (κ2) is 10.2. The topological polar surface area (TPSA) is 114 Å². The summed E-state index contributed by atoms with van der Waals surface area (Å²) in [5, 5.41) is 2.07. The lowest BCUT2D eigenvalue weighted by molar-refractivity contribution is -0.120. The van der Waals surface area contributed by atoms with Crippen molar-refractivity contribution in [2.45, 2.75) is 19.5 Å². The van der Waals surface area contributed by atoms with E-state index in [2.05, 4.69) is 21.3 Å². The number of nitrogen functional groups attached to an aromatic ring is 1. The molecule has 10 heteroatoms. The highest BCUT2D eigenvalue weighted by Crippen LogP contribution is 2.24. The van der Waals surface area contributed by atoms with Crippen molar-refractivity contribution in [3.63, 3.8) is 0 Å². The summed E-state index contributed by atoms with van der Waals surface area (Å²) < 4.78 is 6.45. The van der Waals surface area contributed by atoms with Crippen molar-refractivity contribution in [1.82, 2.24) is 14.5 Å². The number of amides is 1. The van der Waals surface area contributed by atoms with Gasteiger partial charge in [-0.25, -0.2) is 4.79 Å². The van der Waals surface area contributed by atoms with Crippen molar-refractivity contribution in [1.29, 1.82) is 0 Å². The number of nitrogens with one attached hydrogen (secondary N) is 1. The molecule has 0 aliphatic carbocycles. The molecule has 2 aromatic heterocycles. The number of benzene rings is 1. The van der Waals surface area contributed by atoms with Crippen molar-refractivity contribution in [2.24, 2.45) is 0 Å². The van der Waals surface area contributed by atoms with Gasteiger partial charge in [-0.1, -0.05) is 30.3 Å². The molecule has 0 bridgehead atoms. The van der Waals surface area contributed by atoms with Crippen molar-refractivity contribution >= 4 is 28.7 Å². The summed E-state index contributed by atoms with van der Waals surface area (Å²) in [6.45, 7) is 2.11. The van der Waals surface area contributed by atoms with E-state index in [0.717, 1.165) is 18.5 Å². The molecule has 0 saturated carbocycles. The molecule has 0 unspecified atom stereocenters. The van der Waals surface area contributed by atoms with E-state index in [1.54, 1.807) is 11.3 Å². The molecule has 1 aliphatic heterocycles. The SMILES string of the molecule is COCCN(C(=O)CN1CCc2sccc2C1)c1c(N)n(Cc2ccccc2)c(=O)[nH]c1=O. The van der Waals surface area contributed by atoms with Gasteiger partial charge in [0.05, 0.1) is 19.7 Å². The van der Waals surface area contributed by atoms with Gasteiger partial charge in [-0.3, -0.25) is 24.0 Å². The van der Waals surface area contributed by atoms with Crippen molar-refractivity contribution in [2.75, 3.05) is 44.0 Å². The van der Waals surface area contributed by atoms with E-state index in [0.29, 0.717) is 6.54 Å². The van der Waals surface area contributed by atoms with Crippen LogP contribution in [0.3, 0.4) is 0 Å². The number of nitrogens with zero attached hydrogens (tertiary/aromatic N) is 3. The molecule has 0 atom stereocenters. The molecule has 1 aromatic carbocycles. The van der Waals surface area contributed by atoms with Crippen molar-refractivity contribution < 1.29 is 9.53 Å². The third-order valence-electron chi connectivity index (χ3n) is 5.73. The van der Waals surface area contributed by atoms with Crippen LogP contribution in [0.2, 0.25) is 0 Å². The first-order valence-electron chi connectivity index (χ1n) is 10.7. The lowest BCUT2D eigenvalue weighted by Crippen LogP contribution is -2.47. The zero-order valence-corrected chi connectivity index (χ0v) is 19.3. The van der Waals surface area contributed by atoms with E-state index in [4.69, 9.17) is 10.5 Å². The number of carbonyl (C=O) groups is 1. The molecule has 1 amide bonds. The zero-order valence-electron chi connectivity index (χ0n) is 18.5. The highest BCUT2D eigenvalue weighted by Gasteiger charge is 2.27. The Labute approximate surface area is 195 Å². The van der Waals surface area contributed by atoms with Gasteiger partial charge in [-0.05, 0) is 29.0 Å². The van der Waals surface area contributed by atoms with Crippen LogP contribution < -0.4 is 21.9 Å². The van der Waals surface area contributed by atoms with Crippen LogP contribution in [0.15, 0.2) is 51.4 Å². The quantitative estimate of drug-likeness (QED) is 0.514. The predicted octanol–water partition coefficient (Wildman–Crippen LogP) is 1.27. The number of hydrogen-bond donors (Lipinski definition) is 2. The number of hydrogen-bond acceptors (Lipinski definition) is 7. The molecule has 0 spiro atoms. The molecule has 9 nitrogen and oxygen atoms in total. The van der Waals surface area contributed by atoms with Gasteiger partial charge in [0.25, 0.3) is 5.56 Å². The summed E-state index contributed by atoms with van der Waals surface area (Å²) >= 11 is 1.74. The van der Waals surface area contributed by atoms with Crippen LogP contribution in [0.25, 0.3) is 0 Å². The Morgan fingerprint density at radius 2 is 2.03 bits per heavy atom. The summed E-state index contributed by atoms with van der Waals surface area (Å²) in [6.07, 6.45) is 0.892. The number of carbonyl (C=O) groups excluding carboxylic acids is 1. The Kier molecular flexibility index (Phi) is 7.07. The zero-order chi connectivity index (χ0) is 23.4. The van der Waals surface area contributed by atoms with E-state index < -0.39 is 11.2 Å². The summed E-state index contributed by atoms with van der Waals surface area (Å²) in [5.74, 6) is -0.316. The average Bonchev–Trinajstić information content (AvgIpc) is 3.27. The van der Waals surface area contributed by atoms with E-state index in [-0.39, 0.29) is 43.7 Å². The van der Waals surface area contributed by atoms with Crippen LogP contribution in [0.1, 0.15) is 16.0 Å². The maximum absolute atomic E-state index is 13.4. The maximum atomic E-state index is 13.4. The Morgan fingerprint density at radius 3 is 2.79 bits per heavy atom. The minimum absolute atomic E-state index is 0.0270. The number of anilines is 2. The number of thiophene rings is 1. The van der Waals surface area contributed by atoms with Crippen LogP contribution in [0.5, 0.6) is 0 Å². The van der Waals surface area contributed by atoms with E-state index >= 15 is 0 Å². The van der Waals surface area contributed by atoms with Gasteiger partial charge in [0.1, 0.15) is 5.82 Å². The molecule has 174 valence electrons. The van der Waals surface area contributed by atoms with Gasteiger partial charge < -0.3 is 15.4 Å². The Balaban J connectivity index is 1.63. The summed E-state index contributed by atoms with van der Waals surface area (Å²) in [6, 6.07) is 11.4. The van der Waals surface area contributed by atoms with Gasteiger partial charge in [-0.2, -0.15) is 0 Å². The summed E-state index contributed by atoms with van der Waals surface area (Å²) in [5.41, 5.74) is 7.06. The van der Waals surface area contributed by atoms with Crippen LogP contribution in [-0.4, -0.2) is 53.7 Å². The molecular formula is C23H27N5O4S. The number of rotatable bonds is 8. The molecule has 0 radical (unpaired) electrons. The van der Waals surface area contributed by atoms with Crippen molar-refractivity contribution in [3.05, 3.63) is 78.6 Å². The number of ether oxygens (including phenoxy) is 1. The fraction of sp³-hybridized carbons (Fsp3) is 0.348. The van der Waals surface area contributed by atoms with Crippen LogP contribution in [-0.2, 0) is 29.0 Å². The first-order chi connectivity index (χ1) is 16.0. The highest BCUT2D eigenvalue weighted by molar-refractivity contribution is 7.10. The fourth-order valence-corrected chi connectivity index (χ4v) is 4.91. The number of H-pyrrole nitrogens is 1. The Hall–Kier alpha value is -3.21. The molecule has 3 aromatic rings. The fourth-order valence-electron chi connectivity index (χ4n) is 4.02. The number of nitrogens with two attached hydrogens (primary N) is 1. The molecule has 0 saturated heterocycles. The van der Waals surface area contributed by atoms with Crippen LogP contribution >= 0.6 is 11.3 Å². The second-order valence-electron chi connectivity index (χ2n) is 7.93. The normalized spacial score (nSPS) is 13.6. The number of methoxy groups -OCH3 is 1. The van der Waals surface area contributed by atoms with Crippen LogP contribution in [0, 0.1) is 0 Å². The highest BCUT2D eigenvalue weighted by atomic mass is 32.1. The Bertz CT molecular complexity index is 1230. The van der Waals surface area contributed by atoms with Gasteiger partial charge in [0, 0.05) is 31.6 Å². The van der Waals surface area contributed by atoms with E-state index in [1.165, 1.54) is 27.0 Å². The Morgan fingerprint density at radius 1 is 1.24 bits per heavy atom. The predicted molar refractivity (Wildman–Crippen MR) is 129 cm³/mol. The summed E-state index contributed by atoms with van der Waals surface area (Å²) in [7, 11) is 1.52. The average molecular weight is 470 g/mol. The van der Waals surface area contributed by atoms with Crippen LogP contribution in [0.4, 0.5) is 11.5 Å². The third kappa shape index (κ3) is 5.08. The minimum atomic E-state index is -0.690. The minimum Gasteiger partial charge on any atom is -0.383 e. The molecular weight excluding hydrogens is 442 g/mol. The molecule has 0 fully saturated rings. The molecule has 3 heterocycles. The standard InChI is InChI=1S/C23H27N5O4S/c1-32-11-10-27(19(29)15-26-9-7-18-17(14-26)8-12-33-18)20-21(24)28(23(31)25-22(20)30)13-16-5-3-2-4-6-16/h2-6,8,12H,7,9-11,13-15,24H2,1H3,(H,25,30,31). The van der Waals surface area contributed by atoms with Gasteiger partial charge >= 0.3 is 5.69 Å². The maximum Gasteiger partial charge on any atom is 0.330 e. The molecule has 1 aliphatic rings. The molecule has 3 N–H and O–H groups in total. The van der Waals surface area contributed by atoms with Gasteiger partial charge in [-0.15, -0.1) is 11.3 Å². The largest absolute Gasteiger partial charge is 0.383 e. The summed E-state index contributed by atoms with van der Waals surface area (Å²) in [4.78, 5) is 45.7. The first kappa shape index (κ1) is 23.0. The van der Waals surface area contributed by atoms with E-state index in [1.807, 2.05) is 30.3 Å². The van der Waals surface area contributed by atoms with Gasteiger partial charge in [0.15, 0.2) is 5.69 Å². The van der Waals surface area contributed by atoms with Gasteiger partial charge in [0.2, 0.25) is 5.91 Å². The van der Waals surface area contributed by atoms with E-state index in [9.17, 15) is 14.4 Å². The molecule has 33 heavy (non-hydrogen) atoms. The first-order valence-corrected chi connectivity index (χ1v) is 11.6. The number of aromatic amines is 1. The molecule has 4 rings (SSSR count). The lowest BCUT2D eigenvalue weighted by atomic mass is 10.1. The smallest absolute Gasteiger partial charge is 0.330 e. The number of aromatic nitrogens is 2.